The van der Waals surface area contributed by atoms with Crippen LogP contribution in [0.3, 0.4) is 0 Å². The zero-order valence-corrected chi connectivity index (χ0v) is 15.3. The second kappa shape index (κ2) is 8.80. The largest absolute Gasteiger partial charge is 0.493 e. The van der Waals surface area contributed by atoms with Crippen LogP contribution in [0.5, 0.6) is 5.75 Å². The van der Waals surface area contributed by atoms with Crippen molar-refractivity contribution < 1.29 is 22.4 Å². The summed E-state index contributed by atoms with van der Waals surface area (Å²) >= 11 is 1.50. The first-order valence-electron chi connectivity index (χ1n) is 8.16. The van der Waals surface area contributed by atoms with E-state index in [9.17, 15) is 13.2 Å². The molecule has 2 aromatic carbocycles. The standard InChI is InChI=1S/C19H14F3N3O2S/c20-19(21,22)15-3-1-2-14(10-15)18-24-17(27-25-18)12-28-9-8-26-16-6-4-13(11-23)5-7-16/h1-7,10H,8-9,12H2. The summed E-state index contributed by atoms with van der Waals surface area (Å²) in [5, 5.41) is 12.5. The van der Waals surface area contributed by atoms with Gasteiger partial charge in [0.25, 0.3) is 0 Å². The molecule has 0 saturated carbocycles. The van der Waals surface area contributed by atoms with Gasteiger partial charge in [-0.15, -0.1) is 11.8 Å². The van der Waals surface area contributed by atoms with Crippen molar-refractivity contribution in [1.82, 2.24) is 10.1 Å². The maximum Gasteiger partial charge on any atom is 0.416 e. The van der Waals surface area contributed by atoms with E-state index in [1.807, 2.05) is 6.07 Å². The average molecular weight is 405 g/mol. The van der Waals surface area contributed by atoms with Crippen LogP contribution < -0.4 is 4.74 Å². The Kier molecular flexibility index (Phi) is 6.21. The van der Waals surface area contributed by atoms with Gasteiger partial charge >= 0.3 is 6.18 Å². The van der Waals surface area contributed by atoms with Crippen LogP contribution in [-0.2, 0) is 11.9 Å². The van der Waals surface area contributed by atoms with E-state index in [4.69, 9.17) is 14.5 Å². The lowest BCUT2D eigenvalue weighted by Gasteiger charge is -2.06. The topological polar surface area (TPSA) is 71.9 Å². The molecule has 144 valence electrons. The van der Waals surface area contributed by atoms with Crippen LogP contribution in [0, 0.1) is 11.3 Å². The van der Waals surface area contributed by atoms with Gasteiger partial charge in [-0.3, -0.25) is 0 Å². The SMILES string of the molecule is N#Cc1ccc(OCCSCc2nc(-c3cccc(C(F)(F)F)c3)no2)cc1. The van der Waals surface area contributed by atoms with Crippen LogP contribution in [0.1, 0.15) is 17.0 Å². The van der Waals surface area contributed by atoms with Gasteiger partial charge in [0.15, 0.2) is 0 Å². The van der Waals surface area contributed by atoms with Gasteiger partial charge in [0.2, 0.25) is 11.7 Å². The summed E-state index contributed by atoms with van der Waals surface area (Å²) in [4.78, 5) is 4.14. The van der Waals surface area contributed by atoms with Crippen LogP contribution in [0.4, 0.5) is 13.2 Å². The molecule has 0 aliphatic carbocycles. The van der Waals surface area contributed by atoms with E-state index >= 15 is 0 Å². The third-order valence-electron chi connectivity index (χ3n) is 3.62. The number of benzene rings is 2. The number of ether oxygens (including phenoxy) is 1. The fourth-order valence-electron chi connectivity index (χ4n) is 2.27. The molecule has 28 heavy (non-hydrogen) atoms. The number of alkyl halides is 3. The highest BCUT2D eigenvalue weighted by molar-refractivity contribution is 7.98. The molecule has 0 atom stereocenters. The third kappa shape index (κ3) is 5.27. The van der Waals surface area contributed by atoms with Crippen molar-refractivity contribution in [2.75, 3.05) is 12.4 Å². The molecule has 3 rings (SSSR count). The van der Waals surface area contributed by atoms with E-state index in [1.54, 1.807) is 24.3 Å². The Bertz CT molecular complexity index is 966. The molecule has 9 heteroatoms. The normalized spacial score (nSPS) is 11.2. The molecular formula is C19H14F3N3O2S. The minimum absolute atomic E-state index is 0.121. The van der Waals surface area contributed by atoms with Gasteiger partial charge in [-0.1, -0.05) is 17.3 Å². The zero-order valence-electron chi connectivity index (χ0n) is 14.4. The molecule has 0 spiro atoms. The maximum absolute atomic E-state index is 12.8. The molecule has 5 nitrogen and oxygen atoms in total. The smallest absolute Gasteiger partial charge is 0.416 e. The first-order chi connectivity index (χ1) is 13.5. The molecule has 0 aliphatic heterocycles. The predicted octanol–water partition coefficient (Wildman–Crippen LogP) is 4.94. The number of halogens is 3. The van der Waals surface area contributed by atoms with Gasteiger partial charge in [-0.25, -0.2) is 0 Å². The highest BCUT2D eigenvalue weighted by atomic mass is 32.2. The highest BCUT2D eigenvalue weighted by Gasteiger charge is 2.30. The Balaban J connectivity index is 1.48. The highest BCUT2D eigenvalue weighted by Crippen LogP contribution is 2.31. The Morgan fingerprint density at radius 1 is 1.14 bits per heavy atom. The van der Waals surface area contributed by atoms with Crippen LogP contribution in [-0.4, -0.2) is 22.5 Å². The van der Waals surface area contributed by atoms with Crippen LogP contribution >= 0.6 is 11.8 Å². The second-order valence-electron chi connectivity index (χ2n) is 5.63. The molecule has 0 fully saturated rings. The van der Waals surface area contributed by atoms with E-state index in [0.717, 1.165) is 12.1 Å². The summed E-state index contributed by atoms with van der Waals surface area (Å²) in [7, 11) is 0. The van der Waals surface area contributed by atoms with E-state index in [0.29, 0.717) is 35.3 Å². The minimum atomic E-state index is -4.42. The van der Waals surface area contributed by atoms with Crippen molar-refractivity contribution in [2.24, 2.45) is 0 Å². The van der Waals surface area contributed by atoms with E-state index in [1.165, 1.54) is 23.9 Å². The number of rotatable bonds is 7. The number of aromatic nitrogens is 2. The van der Waals surface area contributed by atoms with E-state index in [-0.39, 0.29) is 11.4 Å². The summed E-state index contributed by atoms with van der Waals surface area (Å²) in [5.41, 5.74) is 0.0549. The van der Waals surface area contributed by atoms with Gasteiger partial charge in [0.1, 0.15) is 5.75 Å². The molecule has 1 aromatic heterocycles. The number of nitriles is 1. The van der Waals surface area contributed by atoms with Crippen molar-refractivity contribution in [3.8, 4) is 23.2 Å². The maximum atomic E-state index is 12.8. The molecular weight excluding hydrogens is 391 g/mol. The van der Waals surface area contributed by atoms with Crippen LogP contribution in [0.25, 0.3) is 11.4 Å². The number of nitrogens with zero attached hydrogens (tertiary/aromatic N) is 3. The summed E-state index contributed by atoms with van der Waals surface area (Å²) in [5.74, 6) is 2.19. The zero-order chi connectivity index (χ0) is 20.0. The summed E-state index contributed by atoms with van der Waals surface area (Å²) in [6, 6.07) is 13.6. The Hall–Kier alpha value is -2.99. The summed E-state index contributed by atoms with van der Waals surface area (Å²) in [6.45, 7) is 0.450. The fraction of sp³-hybridized carbons (Fsp3) is 0.211. The second-order valence-corrected chi connectivity index (χ2v) is 6.73. The number of hydrogen-bond acceptors (Lipinski definition) is 6. The molecule has 0 bridgehead atoms. The van der Waals surface area contributed by atoms with Gasteiger partial charge < -0.3 is 9.26 Å². The lowest BCUT2D eigenvalue weighted by molar-refractivity contribution is -0.137. The Morgan fingerprint density at radius 2 is 1.93 bits per heavy atom. The molecule has 1 heterocycles. The van der Waals surface area contributed by atoms with E-state index in [2.05, 4.69) is 10.1 Å². The first-order valence-corrected chi connectivity index (χ1v) is 9.32. The summed E-state index contributed by atoms with van der Waals surface area (Å²) in [6.07, 6.45) is -4.42. The van der Waals surface area contributed by atoms with Gasteiger partial charge in [0.05, 0.1) is 29.6 Å². The third-order valence-corrected chi connectivity index (χ3v) is 4.53. The molecule has 0 radical (unpaired) electrons. The molecule has 0 unspecified atom stereocenters. The number of hydrogen-bond donors (Lipinski definition) is 0. The number of thioether (sulfide) groups is 1. The lowest BCUT2D eigenvalue weighted by Crippen LogP contribution is -2.04. The Morgan fingerprint density at radius 3 is 2.64 bits per heavy atom. The fourth-order valence-corrected chi connectivity index (χ4v) is 2.91. The van der Waals surface area contributed by atoms with Gasteiger partial charge in [0, 0.05) is 11.3 Å². The summed E-state index contributed by atoms with van der Waals surface area (Å²) < 4.78 is 49.0. The van der Waals surface area contributed by atoms with Crippen molar-refractivity contribution in [1.29, 1.82) is 5.26 Å². The van der Waals surface area contributed by atoms with Gasteiger partial charge in [-0.2, -0.15) is 23.4 Å². The van der Waals surface area contributed by atoms with Crippen molar-refractivity contribution >= 4 is 11.8 Å². The predicted molar refractivity (Wildman–Crippen MR) is 97.6 cm³/mol. The Labute approximate surface area is 163 Å². The molecule has 0 amide bonds. The van der Waals surface area contributed by atoms with Crippen LogP contribution in [0.15, 0.2) is 53.1 Å². The minimum Gasteiger partial charge on any atom is -0.493 e. The molecule has 0 saturated heterocycles. The molecule has 3 aromatic rings. The quantitative estimate of drug-likeness (QED) is 0.519. The first kappa shape index (κ1) is 19.8. The lowest BCUT2D eigenvalue weighted by atomic mass is 10.1. The average Bonchev–Trinajstić information content (AvgIpc) is 3.17. The van der Waals surface area contributed by atoms with Gasteiger partial charge in [-0.05, 0) is 36.4 Å². The molecule has 0 N–H and O–H groups in total. The van der Waals surface area contributed by atoms with Crippen LogP contribution in [0.2, 0.25) is 0 Å². The monoisotopic (exact) mass is 405 g/mol. The van der Waals surface area contributed by atoms with Crippen molar-refractivity contribution in [2.45, 2.75) is 11.9 Å². The van der Waals surface area contributed by atoms with E-state index < -0.39 is 11.7 Å². The van der Waals surface area contributed by atoms with Crippen molar-refractivity contribution in [3.63, 3.8) is 0 Å². The van der Waals surface area contributed by atoms with Crippen molar-refractivity contribution in [3.05, 3.63) is 65.5 Å². The molecule has 0 aliphatic rings.